The van der Waals surface area contributed by atoms with E-state index in [0.717, 1.165) is 0 Å². The number of thiophene rings is 1. The van der Waals surface area contributed by atoms with E-state index in [-0.39, 0.29) is 12.3 Å². The van der Waals surface area contributed by atoms with Gasteiger partial charge in [-0.25, -0.2) is 0 Å². The number of benzene rings is 9. The van der Waals surface area contributed by atoms with Gasteiger partial charge in [-0.3, -0.25) is 0 Å². The zero-order valence-corrected chi connectivity index (χ0v) is 35.2. The van der Waals surface area contributed by atoms with Crippen molar-refractivity contribution in [2.75, 3.05) is 9.71 Å². The second-order valence-electron chi connectivity index (χ2n) is 18.0. The minimum atomic E-state index is -0.569. The van der Waals surface area contributed by atoms with Crippen molar-refractivity contribution in [1.29, 1.82) is 0 Å². The number of hydrogen-bond donors (Lipinski definition) is 0. The first kappa shape index (κ1) is 34.9. The van der Waals surface area contributed by atoms with Crippen LogP contribution >= 0.6 is 11.3 Å². The van der Waals surface area contributed by atoms with Crippen molar-refractivity contribution in [2.24, 2.45) is 0 Å². The summed E-state index contributed by atoms with van der Waals surface area (Å²) in [6.07, 6.45) is 0. The first-order valence-electron chi connectivity index (χ1n) is 21.5. The molecule has 1 aromatic heterocycles. The zero-order valence-electron chi connectivity index (χ0n) is 34.4. The van der Waals surface area contributed by atoms with Gasteiger partial charge in [0.15, 0.2) is 0 Å². The third-order valence-electron chi connectivity index (χ3n) is 13.8. The Morgan fingerprint density at radius 3 is 1.90 bits per heavy atom. The Morgan fingerprint density at radius 1 is 0.492 bits per heavy atom. The quantitative estimate of drug-likeness (QED) is 0.164. The fourth-order valence-corrected chi connectivity index (χ4v) is 12.3. The van der Waals surface area contributed by atoms with Crippen molar-refractivity contribution in [3.8, 4) is 11.1 Å². The molecule has 0 bridgehead atoms. The minimum Gasteiger partial charge on any atom is -0.376 e. The number of hydrogen-bond acceptors (Lipinski definition) is 3. The van der Waals surface area contributed by atoms with Crippen LogP contribution in [0.2, 0.25) is 0 Å². The molecule has 0 amide bonds. The fourth-order valence-electron chi connectivity index (χ4n) is 11.2. The van der Waals surface area contributed by atoms with Gasteiger partial charge in [-0.05, 0) is 97.6 Å². The Morgan fingerprint density at radius 2 is 1.15 bits per heavy atom. The number of fused-ring (bicyclic) bond motifs is 11. The molecule has 0 saturated heterocycles. The summed E-state index contributed by atoms with van der Waals surface area (Å²) in [6, 6.07) is 73.7. The van der Waals surface area contributed by atoms with Crippen LogP contribution < -0.4 is 20.6 Å². The molecule has 0 unspecified atom stereocenters. The van der Waals surface area contributed by atoms with E-state index in [1.165, 1.54) is 109 Å². The molecule has 4 heterocycles. The van der Waals surface area contributed by atoms with Gasteiger partial charge in [0.1, 0.15) is 0 Å². The van der Waals surface area contributed by atoms with Crippen LogP contribution in [-0.2, 0) is 10.8 Å². The van der Waals surface area contributed by atoms with Crippen LogP contribution in [0.5, 0.6) is 0 Å². The molecule has 13 rings (SSSR count). The largest absolute Gasteiger partial charge is 0.376 e. The number of para-hydroxylation sites is 2. The molecule has 0 saturated carbocycles. The summed E-state index contributed by atoms with van der Waals surface area (Å²) in [5.74, 6) is 0. The van der Waals surface area contributed by atoms with Crippen molar-refractivity contribution < 1.29 is 0 Å². The minimum absolute atomic E-state index is 0.0374. The summed E-state index contributed by atoms with van der Waals surface area (Å²) in [6.45, 7) is 6.81. The lowest BCUT2D eigenvalue weighted by Gasteiger charge is -2.52. The Kier molecular flexibility index (Phi) is 7.20. The van der Waals surface area contributed by atoms with Crippen LogP contribution in [0, 0.1) is 0 Å². The van der Waals surface area contributed by atoms with Gasteiger partial charge >= 0.3 is 6.85 Å². The molecule has 2 nitrogen and oxygen atoms in total. The first-order chi connectivity index (χ1) is 29.9. The van der Waals surface area contributed by atoms with Crippen LogP contribution in [0.3, 0.4) is 0 Å². The van der Waals surface area contributed by atoms with Gasteiger partial charge in [0, 0.05) is 48.2 Å². The van der Waals surface area contributed by atoms with E-state index in [2.05, 4.69) is 225 Å². The predicted molar refractivity (Wildman–Crippen MR) is 261 cm³/mol. The highest BCUT2D eigenvalue weighted by Gasteiger charge is 2.53. The standard InChI is InChI=1S/C57H41BN2S/c1-56(2,3)37-29-31-40(32-30-37)60-50-35-52-44(42-23-12-15-28-51(42)61-52)34-43(50)45-33-36-17-10-11-22-41(36)54-53(45)58(60)48-26-16-25-47-55(48)59(54)49-27-14-13-24-46(49)57(47,38-18-6-4-7-19-38)39-20-8-5-9-21-39/h4-35H,1-3H3. The lowest BCUT2D eigenvalue weighted by atomic mass is 9.42. The third kappa shape index (κ3) is 4.69. The molecule has 9 aromatic carbocycles. The van der Waals surface area contributed by atoms with E-state index in [1.54, 1.807) is 0 Å². The highest BCUT2D eigenvalue weighted by Crippen LogP contribution is 2.60. The maximum absolute atomic E-state index is 2.69. The average molecular weight is 797 g/mol. The Labute approximate surface area is 361 Å². The molecule has 10 aromatic rings. The molecule has 3 aliphatic heterocycles. The monoisotopic (exact) mass is 796 g/mol. The molecule has 4 heteroatoms. The van der Waals surface area contributed by atoms with Gasteiger partial charge in [-0.15, -0.1) is 11.3 Å². The summed E-state index contributed by atoms with van der Waals surface area (Å²) in [4.78, 5) is 5.35. The Bertz CT molecular complexity index is 3380. The van der Waals surface area contributed by atoms with Crippen molar-refractivity contribution in [2.45, 2.75) is 31.6 Å². The molecular formula is C57H41BN2S. The maximum Gasteiger partial charge on any atom is 0.333 e. The van der Waals surface area contributed by atoms with Crippen molar-refractivity contribution in [1.82, 2.24) is 0 Å². The maximum atomic E-state index is 2.69. The summed E-state index contributed by atoms with van der Waals surface area (Å²) >= 11 is 1.90. The van der Waals surface area contributed by atoms with E-state index >= 15 is 0 Å². The van der Waals surface area contributed by atoms with Crippen LogP contribution in [0.1, 0.15) is 48.6 Å². The van der Waals surface area contributed by atoms with E-state index in [9.17, 15) is 0 Å². The van der Waals surface area contributed by atoms with Gasteiger partial charge in [-0.2, -0.15) is 0 Å². The highest BCUT2D eigenvalue weighted by molar-refractivity contribution is 7.25. The molecule has 0 aliphatic carbocycles. The molecule has 3 aliphatic rings. The first-order valence-corrected chi connectivity index (χ1v) is 22.3. The molecule has 288 valence electrons. The summed E-state index contributed by atoms with van der Waals surface area (Å²) in [5, 5.41) is 5.16. The lowest BCUT2D eigenvalue weighted by Crippen LogP contribution is -2.62. The lowest BCUT2D eigenvalue weighted by molar-refractivity contribution is 0.590. The van der Waals surface area contributed by atoms with Gasteiger partial charge < -0.3 is 9.71 Å². The Hall–Kier alpha value is -6.88. The van der Waals surface area contributed by atoms with E-state index < -0.39 is 5.41 Å². The SMILES string of the molecule is CC(C)(C)c1ccc(N2B3c4cccc5c4N(c4ccccc4C5(c4ccccc4)c4ccccc4)c4c3c(cc3ccccc43)-c3cc4c(cc32)sc2ccccc24)cc1. The van der Waals surface area contributed by atoms with Crippen molar-refractivity contribution in [3.05, 3.63) is 222 Å². The molecule has 0 atom stereocenters. The molecule has 0 spiro atoms. The second-order valence-corrected chi connectivity index (χ2v) is 19.1. The van der Waals surface area contributed by atoms with Gasteiger partial charge in [0.05, 0.1) is 16.8 Å². The van der Waals surface area contributed by atoms with Gasteiger partial charge in [-0.1, -0.05) is 172 Å². The normalized spacial score (nSPS) is 14.5. The van der Waals surface area contributed by atoms with E-state index in [4.69, 9.17) is 0 Å². The van der Waals surface area contributed by atoms with Gasteiger partial charge in [0.2, 0.25) is 0 Å². The average Bonchev–Trinajstić information content (AvgIpc) is 3.67. The van der Waals surface area contributed by atoms with Crippen LogP contribution in [0.15, 0.2) is 194 Å². The van der Waals surface area contributed by atoms with Crippen molar-refractivity contribution in [3.63, 3.8) is 0 Å². The number of nitrogens with zero attached hydrogens (tertiary/aromatic N) is 2. The highest BCUT2D eigenvalue weighted by atomic mass is 32.1. The van der Waals surface area contributed by atoms with Gasteiger partial charge in [0.25, 0.3) is 0 Å². The molecule has 0 radical (unpaired) electrons. The fraction of sp³-hybridized carbons (Fsp3) is 0.0877. The van der Waals surface area contributed by atoms with Crippen LogP contribution in [0.25, 0.3) is 42.1 Å². The predicted octanol–water partition coefficient (Wildman–Crippen LogP) is 13.9. The van der Waals surface area contributed by atoms with E-state index in [0.29, 0.717) is 0 Å². The number of rotatable bonds is 3. The molecular weight excluding hydrogens is 756 g/mol. The van der Waals surface area contributed by atoms with E-state index in [1.807, 2.05) is 11.3 Å². The topological polar surface area (TPSA) is 6.48 Å². The zero-order chi connectivity index (χ0) is 40.6. The summed E-state index contributed by atoms with van der Waals surface area (Å²) < 4.78 is 2.64. The summed E-state index contributed by atoms with van der Waals surface area (Å²) in [5.41, 5.74) is 17.4. The Balaban J connectivity index is 1.21. The van der Waals surface area contributed by atoms with Crippen LogP contribution in [-0.4, -0.2) is 6.85 Å². The van der Waals surface area contributed by atoms with Crippen molar-refractivity contribution >= 4 is 88.5 Å². The third-order valence-corrected chi connectivity index (χ3v) is 15.0. The smallest absolute Gasteiger partial charge is 0.333 e. The molecule has 0 N–H and O–H groups in total. The summed E-state index contributed by atoms with van der Waals surface area (Å²) in [7, 11) is 0. The number of anilines is 5. The molecule has 0 fully saturated rings. The van der Waals surface area contributed by atoms with Crippen LogP contribution in [0.4, 0.5) is 28.4 Å². The second kappa shape index (κ2) is 12.6. The molecule has 61 heavy (non-hydrogen) atoms.